The molecular weight excluding hydrogens is 296 g/mol. The number of aromatic nitrogens is 4. The van der Waals surface area contributed by atoms with Gasteiger partial charge in [0.15, 0.2) is 5.82 Å². The fourth-order valence-corrected chi connectivity index (χ4v) is 2.85. The van der Waals surface area contributed by atoms with E-state index in [0.717, 1.165) is 18.7 Å². The molecule has 0 aliphatic heterocycles. The first-order chi connectivity index (χ1) is 11.1. The third kappa shape index (κ3) is 3.53. The molecule has 1 aliphatic carbocycles. The number of tetrazole rings is 1. The summed E-state index contributed by atoms with van der Waals surface area (Å²) in [5, 5.41) is 14.4. The summed E-state index contributed by atoms with van der Waals surface area (Å²) in [5.74, 6) is 0.399. The summed E-state index contributed by atoms with van der Waals surface area (Å²) in [6, 6.07) is 6.41. The molecule has 1 aromatic carbocycles. The van der Waals surface area contributed by atoms with E-state index >= 15 is 0 Å². The number of amides is 2. The quantitative estimate of drug-likeness (QED) is 0.856. The van der Waals surface area contributed by atoms with Crippen molar-refractivity contribution < 1.29 is 9.59 Å². The molecule has 120 valence electrons. The number of nitrogens with zero attached hydrogens (tertiary/aromatic N) is 4. The average Bonchev–Trinajstić information content (AvgIpc) is 3.18. The fourth-order valence-electron chi connectivity index (χ4n) is 2.85. The van der Waals surface area contributed by atoms with E-state index in [4.69, 9.17) is 5.73 Å². The highest BCUT2D eigenvalue weighted by molar-refractivity contribution is 5.94. The highest BCUT2D eigenvalue weighted by Gasteiger charge is 2.23. The van der Waals surface area contributed by atoms with Crippen LogP contribution in [-0.4, -0.2) is 32.0 Å². The summed E-state index contributed by atoms with van der Waals surface area (Å²) in [7, 11) is 0. The molecule has 2 aromatic rings. The zero-order chi connectivity index (χ0) is 16.2. The number of nitrogens with one attached hydrogen (secondary N) is 1. The molecule has 1 aliphatic rings. The minimum atomic E-state index is -0.502. The summed E-state index contributed by atoms with van der Waals surface area (Å²) < 4.78 is 1.56. The number of carbonyl (C=O) groups excluding carboxylic acids is 2. The Bertz CT molecular complexity index is 703. The van der Waals surface area contributed by atoms with Gasteiger partial charge < -0.3 is 11.1 Å². The summed E-state index contributed by atoms with van der Waals surface area (Å²) in [5.41, 5.74) is 6.17. The normalized spacial score (nSPS) is 14.8. The Labute approximate surface area is 133 Å². The lowest BCUT2D eigenvalue weighted by Crippen LogP contribution is -2.22. The van der Waals surface area contributed by atoms with Gasteiger partial charge in [0.25, 0.3) is 0 Å². The van der Waals surface area contributed by atoms with E-state index in [9.17, 15) is 9.59 Å². The number of rotatable bonds is 5. The van der Waals surface area contributed by atoms with Gasteiger partial charge >= 0.3 is 0 Å². The third-order valence-corrected chi connectivity index (χ3v) is 4.03. The number of anilines is 1. The molecule has 8 nitrogen and oxygen atoms in total. The Morgan fingerprint density at radius 2 is 1.91 bits per heavy atom. The number of carbonyl (C=O) groups is 2. The maximum atomic E-state index is 12.1. The largest absolute Gasteiger partial charge is 0.366 e. The molecule has 0 saturated heterocycles. The predicted molar refractivity (Wildman–Crippen MR) is 82.6 cm³/mol. The van der Waals surface area contributed by atoms with Gasteiger partial charge in [0.05, 0.1) is 0 Å². The van der Waals surface area contributed by atoms with Gasteiger partial charge in [0, 0.05) is 17.2 Å². The minimum absolute atomic E-state index is 0.0659. The van der Waals surface area contributed by atoms with Crippen molar-refractivity contribution in [2.45, 2.75) is 38.1 Å². The first kappa shape index (κ1) is 15.1. The standard InChI is InChI=1S/C15H18N6O2/c16-14(23)10-5-7-12(8-6-10)17-13(22)9-21-15(18-19-20-21)11-3-1-2-4-11/h5-8,11H,1-4,9H2,(H2,16,23)(H,17,22). The zero-order valence-electron chi connectivity index (χ0n) is 12.6. The Morgan fingerprint density at radius 1 is 1.22 bits per heavy atom. The molecule has 23 heavy (non-hydrogen) atoms. The van der Waals surface area contributed by atoms with E-state index in [1.807, 2.05) is 0 Å². The van der Waals surface area contributed by atoms with Crippen molar-refractivity contribution in [3.8, 4) is 0 Å². The number of hydrogen-bond donors (Lipinski definition) is 2. The Morgan fingerprint density at radius 3 is 2.57 bits per heavy atom. The number of benzene rings is 1. The molecule has 1 saturated carbocycles. The van der Waals surface area contributed by atoms with Crippen molar-refractivity contribution in [3.05, 3.63) is 35.7 Å². The Hall–Kier alpha value is -2.77. The number of nitrogens with two attached hydrogens (primary N) is 1. The minimum Gasteiger partial charge on any atom is -0.366 e. The summed E-state index contributed by atoms with van der Waals surface area (Å²) in [6.45, 7) is 0.0659. The smallest absolute Gasteiger partial charge is 0.248 e. The van der Waals surface area contributed by atoms with Crippen LogP contribution >= 0.6 is 0 Å². The Kier molecular flexibility index (Phi) is 4.31. The summed E-state index contributed by atoms with van der Waals surface area (Å²) >= 11 is 0. The molecule has 1 heterocycles. The van der Waals surface area contributed by atoms with Crippen LogP contribution in [0.2, 0.25) is 0 Å². The van der Waals surface area contributed by atoms with Gasteiger partial charge in [-0.15, -0.1) is 5.10 Å². The maximum absolute atomic E-state index is 12.1. The molecule has 0 bridgehead atoms. The lowest BCUT2D eigenvalue weighted by Gasteiger charge is -2.10. The Balaban J connectivity index is 1.63. The molecule has 0 radical (unpaired) electrons. The van der Waals surface area contributed by atoms with E-state index in [-0.39, 0.29) is 12.5 Å². The van der Waals surface area contributed by atoms with Crippen molar-refractivity contribution in [2.75, 3.05) is 5.32 Å². The van der Waals surface area contributed by atoms with Gasteiger partial charge in [-0.1, -0.05) is 12.8 Å². The highest BCUT2D eigenvalue weighted by Crippen LogP contribution is 2.32. The number of primary amides is 1. The first-order valence-electron chi connectivity index (χ1n) is 7.59. The molecule has 1 aromatic heterocycles. The van der Waals surface area contributed by atoms with Crippen LogP contribution in [0.1, 0.15) is 47.8 Å². The van der Waals surface area contributed by atoms with Crippen LogP contribution in [0.4, 0.5) is 5.69 Å². The summed E-state index contributed by atoms with van der Waals surface area (Å²) in [4.78, 5) is 23.2. The fraction of sp³-hybridized carbons (Fsp3) is 0.400. The summed E-state index contributed by atoms with van der Waals surface area (Å²) in [6.07, 6.45) is 4.49. The van der Waals surface area contributed by atoms with E-state index in [0.29, 0.717) is 17.2 Å². The molecule has 1 fully saturated rings. The third-order valence-electron chi connectivity index (χ3n) is 4.03. The van der Waals surface area contributed by atoms with Crippen molar-refractivity contribution in [2.24, 2.45) is 5.73 Å². The van der Waals surface area contributed by atoms with E-state index in [2.05, 4.69) is 20.8 Å². The second-order valence-corrected chi connectivity index (χ2v) is 5.67. The lowest BCUT2D eigenvalue weighted by molar-refractivity contribution is -0.117. The maximum Gasteiger partial charge on any atom is 0.248 e. The molecule has 0 unspecified atom stereocenters. The van der Waals surface area contributed by atoms with Crippen LogP contribution < -0.4 is 11.1 Å². The van der Waals surface area contributed by atoms with Crippen LogP contribution in [0, 0.1) is 0 Å². The second-order valence-electron chi connectivity index (χ2n) is 5.67. The van der Waals surface area contributed by atoms with Crippen molar-refractivity contribution >= 4 is 17.5 Å². The van der Waals surface area contributed by atoms with Crippen LogP contribution in [0.3, 0.4) is 0 Å². The predicted octanol–water partition coefficient (Wildman–Crippen LogP) is 1.07. The van der Waals surface area contributed by atoms with E-state index in [1.54, 1.807) is 28.9 Å². The molecule has 0 spiro atoms. The van der Waals surface area contributed by atoms with Gasteiger partial charge in [-0.25, -0.2) is 4.68 Å². The molecule has 3 rings (SSSR count). The van der Waals surface area contributed by atoms with Gasteiger partial charge in [0.2, 0.25) is 11.8 Å². The monoisotopic (exact) mass is 314 g/mol. The van der Waals surface area contributed by atoms with Crippen molar-refractivity contribution in [3.63, 3.8) is 0 Å². The lowest BCUT2D eigenvalue weighted by atomic mass is 10.1. The van der Waals surface area contributed by atoms with Crippen LogP contribution in [0.5, 0.6) is 0 Å². The topological polar surface area (TPSA) is 116 Å². The average molecular weight is 314 g/mol. The van der Waals surface area contributed by atoms with Gasteiger partial charge in [-0.2, -0.15) is 0 Å². The highest BCUT2D eigenvalue weighted by atomic mass is 16.2. The SMILES string of the molecule is NC(=O)c1ccc(NC(=O)Cn2nnnc2C2CCCC2)cc1. The van der Waals surface area contributed by atoms with Crippen LogP contribution in [0.15, 0.2) is 24.3 Å². The van der Waals surface area contributed by atoms with E-state index < -0.39 is 5.91 Å². The molecule has 3 N–H and O–H groups in total. The molecule has 8 heteroatoms. The van der Waals surface area contributed by atoms with Crippen LogP contribution in [0.25, 0.3) is 0 Å². The molecule has 0 atom stereocenters. The van der Waals surface area contributed by atoms with Crippen LogP contribution in [-0.2, 0) is 11.3 Å². The second kappa shape index (κ2) is 6.55. The zero-order valence-corrected chi connectivity index (χ0v) is 12.6. The van der Waals surface area contributed by atoms with Crippen molar-refractivity contribution in [1.29, 1.82) is 0 Å². The molecule has 2 amide bonds. The van der Waals surface area contributed by atoms with E-state index in [1.165, 1.54) is 12.8 Å². The molecular formula is C15H18N6O2. The number of hydrogen-bond acceptors (Lipinski definition) is 5. The van der Waals surface area contributed by atoms with Gasteiger partial charge in [-0.3, -0.25) is 9.59 Å². The first-order valence-corrected chi connectivity index (χ1v) is 7.59. The van der Waals surface area contributed by atoms with Crippen molar-refractivity contribution in [1.82, 2.24) is 20.2 Å². The van der Waals surface area contributed by atoms with Gasteiger partial charge in [-0.05, 0) is 47.5 Å². The van der Waals surface area contributed by atoms with Gasteiger partial charge in [0.1, 0.15) is 6.54 Å².